The zero-order valence-corrected chi connectivity index (χ0v) is 12.6. The minimum absolute atomic E-state index is 0.0693. The number of carbonyl (C=O) groups excluding carboxylic acids is 1. The Morgan fingerprint density at radius 3 is 2.75 bits per heavy atom. The molecule has 1 amide bonds. The molecule has 2 fully saturated rings. The van der Waals surface area contributed by atoms with Crippen LogP contribution in [0.3, 0.4) is 0 Å². The van der Waals surface area contributed by atoms with Crippen LogP contribution in [0.25, 0.3) is 0 Å². The summed E-state index contributed by atoms with van der Waals surface area (Å²) in [4.78, 5) is 14.7. The lowest BCUT2D eigenvalue weighted by atomic mass is 10.1. The van der Waals surface area contributed by atoms with Gasteiger partial charge in [0.25, 0.3) is 0 Å². The summed E-state index contributed by atoms with van der Waals surface area (Å²) in [5, 5.41) is 2.90. The van der Waals surface area contributed by atoms with Crippen molar-refractivity contribution >= 4 is 18.5 Å². The van der Waals surface area contributed by atoms with Gasteiger partial charge in [0.05, 0.1) is 5.25 Å². The van der Waals surface area contributed by atoms with Gasteiger partial charge in [-0.3, -0.25) is 9.69 Å². The van der Waals surface area contributed by atoms with Crippen LogP contribution in [0.2, 0.25) is 0 Å². The Labute approximate surface area is 126 Å². The summed E-state index contributed by atoms with van der Waals surface area (Å²) in [7, 11) is 0. The first-order valence-corrected chi connectivity index (χ1v) is 8.00. The molecule has 1 saturated carbocycles. The molecule has 1 saturated heterocycles. The summed E-state index contributed by atoms with van der Waals surface area (Å²) in [6.45, 7) is 2.15. The van der Waals surface area contributed by atoms with E-state index in [-0.39, 0.29) is 11.2 Å². The Morgan fingerprint density at radius 1 is 1.30 bits per heavy atom. The van der Waals surface area contributed by atoms with Gasteiger partial charge >= 0.3 is 0 Å². The number of thiol groups is 1. The number of nitrogens with zero attached hydrogens (tertiary/aromatic N) is 1. The van der Waals surface area contributed by atoms with Crippen molar-refractivity contribution in [3.8, 4) is 0 Å². The van der Waals surface area contributed by atoms with Gasteiger partial charge in [0.2, 0.25) is 5.91 Å². The van der Waals surface area contributed by atoms with Crippen molar-refractivity contribution in [3.63, 3.8) is 0 Å². The monoisotopic (exact) mass is 290 g/mol. The van der Waals surface area contributed by atoms with Gasteiger partial charge in [0.1, 0.15) is 0 Å². The summed E-state index contributed by atoms with van der Waals surface area (Å²) in [5.41, 5.74) is 1.16. The Kier molecular flexibility index (Phi) is 4.32. The standard InChI is InChI=1S/C16H22N2OS/c19-16(15(20)10-12-4-2-1-3-5-12)17-13-8-9-18(11-13)14-6-7-14/h1-5,13-15,20H,6-11H2,(H,17,19). The van der Waals surface area contributed by atoms with E-state index in [1.807, 2.05) is 30.3 Å². The molecule has 2 atom stereocenters. The van der Waals surface area contributed by atoms with E-state index in [1.165, 1.54) is 12.8 Å². The molecule has 1 aliphatic heterocycles. The van der Waals surface area contributed by atoms with Crippen LogP contribution in [0.1, 0.15) is 24.8 Å². The third-order valence-electron chi connectivity index (χ3n) is 4.20. The summed E-state index contributed by atoms with van der Waals surface area (Å²) >= 11 is 4.46. The lowest BCUT2D eigenvalue weighted by molar-refractivity contribution is -0.121. The van der Waals surface area contributed by atoms with Gasteiger partial charge in [-0.05, 0) is 31.2 Å². The first-order valence-electron chi connectivity index (χ1n) is 7.49. The molecule has 0 aromatic heterocycles. The second-order valence-corrected chi connectivity index (χ2v) is 6.55. The maximum absolute atomic E-state index is 12.2. The third-order valence-corrected chi connectivity index (χ3v) is 4.62. The number of likely N-dealkylation sites (tertiary alicyclic amines) is 1. The van der Waals surface area contributed by atoms with E-state index < -0.39 is 0 Å². The number of benzene rings is 1. The Bertz CT molecular complexity index is 461. The number of amides is 1. The minimum Gasteiger partial charge on any atom is -0.351 e. The molecular formula is C16H22N2OS. The lowest BCUT2D eigenvalue weighted by Crippen LogP contribution is -2.42. The summed E-state index contributed by atoms with van der Waals surface area (Å²) in [5.74, 6) is 0.0693. The van der Waals surface area contributed by atoms with E-state index in [0.717, 1.165) is 31.1 Å². The van der Waals surface area contributed by atoms with Gasteiger partial charge in [-0.15, -0.1) is 0 Å². The number of carbonyl (C=O) groups is 1. The highest BCUT2D eigenvalue weighted by Gasteiger charge is 2.35. The Hall–Kier alpha value is -1.00. The van der Waals surface area contributed by atoms with Gasteiger partial charge < -0.3 is 5.32 Å². The molecule has 3 rings (SSSR count). The van der Waals surface area contributed by atoms with Crippen LogP contribution in [0.5, 0.6) is 0 Å². The molecule has 1 N–H and O–H groups in total. The smallest absolute Gasteiger partial charge is 0.233 e. The highest BCUT2D eigenvalue weighted by Crippen LogP contribution is 2.29. The van der Waals surface area contributed by atoms with Crippen LogP contribution >= 0.6 is 12.6 Å². The zero-order chi connectivity index (χ0) is 13.9. The summed E-state index contributed by atoms with van der Waals surface area (Å²) in [6, 6.07) is 11.2. The van der Waals surface area contributed by atoms with Gasteiger partial charge in [0.15, 0.2) is 0 Å². The third kappa shape index (κ3) is 3.55. The van der Waals surface area contributed by atoms with Crippen LogP contribution in [-0.2, 0) is 11.2 Å². The van der Waals surface area contributed by atoms with E-state index in [1.54, 1.807) is 0 Å². The first-order chi connectivity index (χ1) is 9.72. The molecule has 2 aliphatic rings. The molecule has 1 aromatic rings. The molecule has 2 unspecified atom stereocenters. The molecule has 1 heterocycles. The minimum atomic E-state index is -0.257. The predicted molar refractivity (Wildman–Crippen MR) is 84.1 cm³/mol. The van der Waals surface area contributed by atoms with Gasteiger partial charge in [0, 0.05) is 25.2 Å². The second-order valence-electron chi connectivity index (χ2n) is 5.93. The molecule has 3 nitrogen and oxygen atoms in total. The molecule has 4 heteroatoms. The Balaban J connectivity index is 1.46. The van der Waals surface area contributed by atoms with Crippen molar-refractivity contribution in [2.45, 2.75) is 43.0 Å². The fourth-order valence-corrected chi connectivity index (χ4v) is 3.19. The molecule has 1 aromatic carbocycles. The topological polar surface area (TPSA) is 32.3 Å². The van der Waals surface area contributed by atoms with Crippen molar-refractivity contribution in [1.82, 2.24) is 10.2 Å². The predicted octanol–water partition coefficient (Wildman–Crippen LogP) is 1.88. The number of hydrogen-bond acceptors (Lipinski definition) is 3. The van der Waals surface area contributed by atoms with Gasteiger partial charge in [-0.2, -0.15) is 12.6 Å². The molecular weight excluding hydrogens is 268 g/mol. The van der Waals surface area contributed by atoms with Crippen LogP contribution in [0, 0.1) is 0 Å². The average molecular weight is 290 g/mol. The highest BCUT2D eigenvalue weighted by molar-refractivity contribution is 7.81. The summed E-state index contributed by atoms with van der Waals surface area (Å²) < 4.78 is 0. The van der Waals surface area contributed by atoms with Gasteiger partial charge in [-0.1, -0.05) is 30.3 Å². The van der Waals surface area contributed by atoms with Crippen molar-refractivity contribution in [2.75, 3.05) is 13.1 Å². The quantitative estimate of drug-likeness (QED) is 0.812. The molecule has 0 spiro atoms. The van der Waals surface area contributed by atoms with Crippen molar-refractivity contribution < 1.29 is 4.79 Å². The average Bonchev–Trinajstić information content (AvgIpc) is 3.20. The fraction of sp³-hybridized carbons (Fsp3) is 0.562. The molecule has 108 valence electrons. The van der Waals surface area contributed by atoms with E-state index in [2.05, 4.69) is 22.8 Å². The van der Waals surface area contributed by atoms with Crippen molar-refractivity contribution in [1.29, 1.82) is 0 Å². The lowest BCUT2D eigenvalue weighted by Gasteiger charge is -2.18. The van der Waals surface area contributed by atoms with E-state index in [9.17, 15) is 4.79 Å². The maximum atomic E-state index is 12.2. The van der Waals surface area contributed by atoms with Crippen molar-refractivity contribution in [3.05, 3.63) is 35.9 Å². The van der Waals surface area contributed by atoms with Crippen LogP contribution in [0.15, 0.2) is 30.3 Å². The highest BCUT2D eigenvalue weighted by atomic mass is 32.1. The molecule has 1 aliphatic carbocycles. The SMILES string of the molecule is O=C(NC1CCN(C2CC2)C1)C(S)Cc1ccccc1. The second kappa shape index (κ2) is 6.19. The van der Waals surface area contributed by atoms with Crippen LogP contribution in [0.4, 0.5) is 0 Å². The van der Waals surface area contributed by atoms with Crippen molar-refractivity contribution in [2.24, 2.45) is 0 Å². The molecule has 0 radical (unpaired) electrons. The number of hydrogen-bond donors (Lipinski definition) is 2. The van der Waals surface area contributed by atoms with Gasteiger partial charge in [-0.25, -0.2) is 0 Å². The first kappa shape index (κ1) is 14.0. The summed E-state index contributed by atoms with van der Waals surface area (Å²) in [6.07, 6.45) is 4.44. The largest absolute Gasteiger partial charge is 0.351 e. The van der Waals surface area contributed by atoms with E-state index >= 15 is 0 Å². The van der Waals surface area contributed by atoms with E-state index in [4.69, 9.17) is 0 Å². The van der Waals surface area contributed by atoms with Crippen LogP contribution < -0.4 is 5.32 Å². The number of nitrogens with one attached hydrogen (secondary N) is 1. The van der Waals surface area contributed by atoms with Crippen LogP contribution in [-0.4, -0.2) is 41.2 Å². The molecule has 20 heavy (non-hydrogen) atoms. The molecule has 0 bridgehead atoms. The Morgan fingerprint density at radius 2 is 2.05 bits per heavy atom. The fourth-order valence-electron chi connectivity index (χ4n) is 2.90. The van der Waals surface area contributed by atoms with E-state index in [0.29, 0.717) is 12.5 Å². The maximum Gasteiger partial charge on any atom is 0.233 e. The zero-order valence-electron chi connectivity index (χ0n) is 11.7. The normalized spacial score (nSPS) is 24.6. The number of rotatable bonds is 5.